The summed E-state index contributed by atoms with van der Waals surface area (Å²) in [7, 11) is 1.86. The van der Waals surface area contributed by atoms with E-state index in [1.54, 1.807) is 0 Å². The van der Waals surface area contributed by atoms with Gasteiger partial charge in [-0.2, -0.15) is 0 Å². The van der Waals surface area contributed by atoms with Crippen LogP contribution >= 0.6 is 24.0 Å². The number of guanidine groups is 1. The second kappa shape index (κ2) is 13.5. The van der Waals surface area contributed by atoms with Crippen molar-refractivity contribution in [3.05, 3.63) is 29.8 Å². The predicted octanol–water partition coefficient (Wildman–Crippen LogP) is 3.40. The van der Waals surface area contributed by atoms with E-state index in [1.807, 2.05) is 7.05 Å². The van der Waals surface area contributed by atoms with E-state index in [1.165, 1.54) is 69.9 Å². The summed E-state index contributed by atoms with van der Waals surface area (Å²) in [6.45, 7) is 17.2. The molecule has 0 aliphatic carbocycles. The fourth-order valence-electron chi connectivity index (χ4n) is 4.51. The Morgan fingerprint density at radius 2 is 1.71 bits per heavy atom. The van der Waals surface area contributed by atoms with Crippen molar-refractivity contribution in [2.24, 2.45) is 10.9 Å². The fraction of sp³-hybridized carbons (Fsp3) is 0.708. The zero-order valence-electron chi connectivity index (χ0n) is 19.9. The van der Waals surface area contributed by atoms with Gasteiger partial charge in [0.1, 0.15) is 0 Å². The average Bonchev–Trinajstić information content (AvgIpc) is 3.32. The Bertz CT molecular complexity index is 668. The Morgan fingerprint density at radius 1 is 1.03 bits per heavy atom. The standard InChI is InChI=1S/C24H42N6.HI/c1-5-28-13-15-29(16-14-28)19-20(2)18-26-24(25-4)27-21(3)22-9-8-10-23(17-22)30-11-6-7-12-30;/h8-10,17,20-21H,5-7,11-16,18-19H2,1-4H3,(H2,25,26,27);1H. The molecule has 2 unspecified atom stereocenters. The third-order valence-electron chi connectivity index (χ3n) is 6.52. The van der Waals surface area contributed by atoms with E-state index in [9.17, 15) is 0 Å². The molecule has 2 heterocycles. The number of nitrogens with one attached hydrogen (secondary N) is 2. The molecule has 1 aromatic rings. The first kappa shape index (κ1) is 26.2. The molecule has 0 bridgehead atoms. The minimum absolute atomic E-state index is 0. The molecule has 0 amide bonds. The summed E-state index contributed by atoms with van der Waals surface area (Å²) < 4.78 is 0. The normalized spacial score (nSPS) is 20.3. The summed E-state index contributed by atoms with van der Waals surface area (Å²) in [6.07, 6.45) is 2.61. The van der Waals surface area contributed by atoms with E-state index in [2.05, 4.69) is 75.4 Å². The number of nitrogens with zero attached hydrogens (tertiary/aromatic N) is 4. The number of aliphatic imine (C=N–C) groups is 1. The molecule has 1 aromatic carbocycles. The molecule has 3 rings (SSSR count). The SMILES string of the molecule is CCN1CCN(CC(C)CNC(=NC)NC(C)c2cccc(N3CCCC3)c2)CC1.I. The first-order valence-electron chi connectivity index (χ1n) is 11.9. The van der Waals surface area contributed by atoms with Crippen molar-refractivity contribution < 1.29 is 0 Å². The van der Waals surface area contributed by atoms with Gasteiger partial charge in [0.15, 0.2) is 5.96 Å². The summed E-state index contributed by atoms with van der Waals surface area (Å²) in [5.74, 6) is 1.47. The lowest BCUT2D eigenvalue weighted by molar-refractivity contribution is 0.124. The van der Waals surface area contributed by atoms with Gasteiger partial charge in [-0.15, -0.1) is 24.0 Å². The molecule has 2 aliphatic rings. The molecule has 31 heavy (non-hydrogen) atoms. The number of benzene rings is 1. The highest BCUT2D eigenvalue weighted by atomic mass is 127. The smallest absolute Gasteiger partial charge is 0.191 e. The summed E-state index contributed by atoms with van der Waals surface area (Å²) in [6, 6.07) is 9.17. The van der Waals surface area contributed by atoms with Crippen molar-refractivity contribution in [2.45, 2.75) is 39.7 Å². The Kier molecular flexibility index (Phi) is 11.4. The molecule has 2 saturated heterocycles. The lowest BCUT2D eigenvalue weighted by Gasteiger charge is -2.35. The van der Waals surface area contributed by atoms with Crippen molar-refractivity contribution in [1.29, 1.82) is 0 Å². The highest BCUT2D eigenvalue weighted by Crippen LogP contribution is 2.23. The number of hydrogen-bond acceptors (Lipinski definition) is 4. The van der Waals surface area contributed by atoms with E-state index in [4.69, 9.17) is 0 Å². The van der Waals surface area contributed by atoms with Crippen LogP contribution in [0.2, 0.25) is 0 Å². The van der Waals surface area contributed by atoms with Crippen LogP contribution in [0.5, 0.6) is 0 Å². The van der Waals surface area contributed by atoms with Gasteiger partial charge in [0.25, 0.3) is 0 Å². The molecule has 2 atom stereocenters. The van der Waals surface area contributed by atoms with Gasteiger partial charge in [0.05, 0.1) is 6.04 Å². The van der Waals surface area contributed by atoms with Crippen LogP contribution in [0.3, 0.4) is 0 Å². The van der Waals surface area contributed by atoms with Gasteiger partial charge in [-0.25, -0.2) is 0 Å². The van der Waals surface area contributed by atoms with Gasteiger partial charge in [0, 0.05) is 65.1 Å². The third kappa shape index (κ3) is 8.09. The second-order valence-corrected chi connectivity index (χ2v) is 8.95. The maximum atomic E-state index is 4.46. The predicted molar refractivity (Wildman–Crippen MR) is 144 cm³/mol. The minimum Gasteiger partial charge on any atom is -0.372 e. The number of likely N-dealkylation sites (N-methyl/N-ethyl adjacent to an activating group) is 1. The van der Waals surface area contributed by atoms with Crippen LogP contribution in [0.1, 0.15) is 45.2 Å². The molecule has 2 fully saturated rings. The molecular weight excluding hydrogens is 499 g/mol. The van der Waals surface area contributed by atoms with Crippen LogP contribution < -0.4 is 15.5 Å². The van der Waals surface area contributed by atoms with E-state index in [0.717, 1.165) is 19.0 Å². The number of rotatable bonds is 8. The van der Waals surface area contributed by atoms with Gasteiger partial charge in [-0.05, 0) is 49.9 Å². The van der Waals surface area contributed by atoms with Gasteiger partial charge in [0.2, 0.25) is 0 Å². The van der Waals surface area contributed by atoms with Crippen molar-refractivity contribution in [1.82, 2.24) is 20.4 Å². The van der Waals surface area contributed by atoms with Crippen LogP contribution in [-0.4, -0.2) is 81.7 Å². The van der Waals surface area contributed by atoms with Crippen molar-refractivity contribution in [2.75, 3.05) is 70.9 Å². The van der Waals surface area contributed by atoms with Gasteiger partial charge >= 0.3 is 0 Å². The lowest BCUT2D eigenvalue weighted by atomic mass is 10.1. The molecule has 0 spiro atoms. The largest absolute Gasteiger partial charge is 0.372 e. The quantitative estimate of drug-likeness (QED) is 0.300. The number of piperazine rings is 1. The first-order valence-corrected chi connectivity index (χ1v) is 11.9. The maximum Gasteiger partial charge on any atom is 0.191 e. The lowest BCUT2D eigenvalue weighted by Crippen LogP contribution is -2.48. The van der Waals surface area contributed by atoms with Gasteiger partial charge < -0.3 is 25.3 Å². The van der Waals surface area contributed by atoms with E-state index >= 15 is 0 Å². The third-order valence-corrected chi connectivity index (χ3v) is 6.52. The van der Waals surface area contributed by atoms with Crippen LogP contribution in [-0.2, 0) is 0 Å². The van der Waals surface area contributed by atoms with Crippen molar-refractivity contribution >= 4 is 35.6 Å². The highest BCUT2D eigenvalue weighted by Gasteiger charge is 2.18. The van der Waals surface area contributed by atoms with Crippen LogP contribution in [0, 0.1) is 5.92 Å². The topological polar surface area (TPSA) is 46.1 Å². The molecule has 6 nitrogen and oxygen atoms in total. The zero-order valence-corrected chi connectivity index (χ0v) is 22.3. The first-order chi connectivity index (χ1) is 14.6. The molecular formula is C24H43IN6. The Morgan fingerprint density at radius 3 is 2.35 bits per heavy atom. The Hall–Kier alpha value is -1.06. The van der Waals surface area contributed by atoms with Crippen molar-refractivity contribution in [3.63, 3.8) is 0 Å². The summed E-state index contributed by atoms with van der Waals surface area (Å²) in [4.78, 5) is 12.1. The monoisotopic (exact) mass is 542 g/mol. The highest BCUT2D eigenvalue weighted by molar-refractivity contribution is 14.0. The molecule has 0 saturated carbocycles. The molecule has 2 aliphatic heterocycles. The molecule has 2 N–H and O–H groups in total. The summed E-state index contributed by atoms with van der Waals surface area (Å²) in [5, 5.41) is 7.11. The van der Waals surface area contributed by atoms with Crippen molar-refractivity contribution in [3.8, 4) is 0 Å². The maximum absolute atomic E-state index is 4.46. The zero-order chi connectivity index (χ0) is 21.3. The summed E-state index contributed by atoms with van der Waals surface area (Å²) >= 11 is 0. The fourth-order valence-corrected chi connectivity index (χ4v) is 4.51. The Balaban J connectivity index is 0.00000341. The number of halogens is 1. The van der Waals surface area contributed by atoms with Crippen LogP contribution in [0.25, 0.3) is 0 Å². The molecule has 0 aromatic heterocycles. The minimum atomic E-state index is 0. The van der Waals surface area contributed by atoms with Gasteiger partial charge in [-0.1, -0.05) is 26.0 Å². The number of anilines is 1. The Labute approximate surface area is 206 Å². The molecule has 176 valence electrons. The molecule has 7 heteroatoms. The molecule has 0 radical (unpaired) electrons. The van der Waals surface area contributed by atoms with Crippen LogP contribution in [0.4, 0.5) is 5.69 Å². The van der Waals surface area contributed by atoms with E-state index in [0.29, 0.717) is 5.92 Å². The van der Waals surface area contributed by atoms with Gasteiger partial charge in [-0.3, -0.25) is 4.99 Å². The van der Waals surface area contributed by atoms with E-state index < -0.39 is 0 Å². The second-order valence-electron chi connectivity index (χ2n) is 8.95. The summed E-state index contributed by atoms with van der Waals surface area (Å²) in [5.41, 5.74) is 2.66. The number of hydrogen-bond donors (Lipinski definition) is 2. The average molecular weight is 543 g/mol. The van der Waals surface area contributed by atoms with Crippen LogP contribution in [0.15, 0.2) is 29.3 Å². The van der Waals surface area contributed by atoms with E-state index in [-0.39, 0.29) is 30.0 Å².